The minimum absolute atomic E-state index is 0.259. The van der Waals surface area contributed by atoms with Crippen LogP contribution in [0.2, 0.25) is 0 Å². The second-order valence-corrected chi connectivity index (χ2v) is 5.04. The van der Waals surface area contributed by atoms with E-state index in [0.29, 0.717) is 6.61 Å². The largest absolute Gasteiger partial charge is 0.494 e. The molecule has 0 spiro atoms. The van der Waals surface area contributed by atoms with Crippen LogP contribution in [-0.4, -0.2) is 18.1 Å². The molecule has 1 N–H and O–H groups in total. The second kappa shape index (κ2) is 8.42. The van der Waals surface area contributed by atoms with Gasteiger partial charge in [0.05, 0.1) is 6.61 Å². The molecule has 112 valence electrons. The Kier molecular flexibility index (Phi) is 6.22. The zero-order chi connectivity index (χ0) is 14.9. The number of benzene rings is 1. The topological polar surface area (TPSA) is 34.2 Å². The molecule has 1 aromatic heterocycles. The molecule has 1 atom stereocenters. The van der Waals surface area contributed by atoms with Gasteiger partial charge >= 0.3 is 0 Å². The lowest BCUT2D eigenvalue weighted by molar-refractivity contribution is 0.331. The molecule has 0 fully saturated rings. The number of pyridine rings is 1. The van der Waals surface area contributed by atoms with Crippen molar-refractivity contribution in [1.29, 1.82) is 0 Å². The van der Waals surface area contributed by atoms with Gasteiger partial charge in [0, 0.05) is 24.0 Å². The summed E-state index contributed by atoms with van der Waals surface area (Å²) in [5, 5.41) is 3.63. The fraction of sp³-hybridized carbons (Fsp3) is 0.389. The van der Waals surface area contributed by atoms with Gasteiger partial charge in [0.25, 0.3) is 0 Å². The van der Waals surface area contributed by atoms with Crippen molar-refractivity contribution in [1.82, 2.24) is 10.3 Å². The van der Waals surface area contributed by atoms with Crippen LogP contribution in [0.5, 0.6) is 5.75 Å². The maximum atomic E-state index is 5.78. The molecule has 0 aliphatic carbocycles. The monoisotopic (exact) mass is 284 g/mol. The van der Waals surface area contributed by atoms with Crippen LogP contribution in [0.3, 0.4) is 0 Å². The molecule has 0 saturated carbocycles. The van der Waals surface area contributed by atoms with Crippen LogP contribution in [0, 0.1) is 0 Å². The molecule has 3 nitrogen and oxygen atoms in total. The van der Waals surface area contributed by atoms with Crippen LogP contribution in [0.25, 0.3) is 0 Å². The second-order valence-electron chi connectivity index (χ2n) is 5.04. The van der Waals surface area contributed by atoms with Gasteiger partial charge in [-0.2, -0.15) is 0 Å². The molecule has 0 bridgehead atoms. The molecule has 1 heterocycles. The van der Waals surface area contributed by atoms with E-state index < -0.39 is 0 Å². The van der Waals surface area contributed by atoms with E-state index in [9.17, 15) is 0 Å². The number of ether oxygens (including phenoxy) is 1. The zero-order valence-electron chi connectivity index (χ0n) is 12.9. The van der Waals surface area contributed by atoms with E-state index in [0.717, 1.165) is 25.1 Å². The first-order chi connectivity index (χ1) is 10.3. The smallest absolute Gasteiger partial charge is 0.124 e. The van der Waals surface area contributed by atoms with Crippen LogP contribution < -0.4 is 10.1 Å². The predicted octanol–water partition coefficient (Wildman–Crippen LogP) is 3.76. The quantitative estimate of drug-likeness (QED) is 0.801. The summed E-state index contributed by atoms with van der Waals surface area (Å²) in [5.74, 6) is 0.975. The minimum Gasteiger partial charge on any atom is -0.494 e. The first-order valence-corrected chi connectivity index (χ1v) is 7.69. The van der Waals surface area contributed by atoms with Crippen LogP contribution in [0.1, 0.15) is 37.4 Å². The van der Waals surface area contributed by atoms with E-state index in [2.05, 4.69) is 41.5 Å². The molecule has 0 aliphatic heterocycles. The molecule has 2 aromatic rings. The molecule has 1 aromatic carbocycles. The van der Waals surface area contributed by atoms with E-state index in [4.69, 9.17) is 4.74 Å². The number of hydrogen-bond donors (Lipinski definition) is 1. The Hall–Kier alpha value is -1.87. The number of nitrogens with zero attached hydrogens (tertiary/aromatic N) is 1. The lowest BCUT2D eigenvalue weighted by atomic mass is 9.98. The SMILES string of the molecule is CCCNC(Cc1ccncc1)c1ccccc1OCC. The van der Waals surface area contributed by atoms with Gasteiger partial charge in [-0.3, -0.25) is 4.98 Å². The van der Waals surface area contributed by atoms with Gasteiger partial charge in [0.2, 0.25) is 0 Å². The van der Waals surface area contributed by atoms with E-state index in [1.807, 2.05) is 31.5 Å². The highest BCUT2D eigenvalue weighted by atomic mass is 16.5. The van der Waals surface area contributed by atoms with Crippen molar-refractivity contribution in [3.8, 4) is 5.75 Å². The molecule has 0 amide bonds. The summed E-state index contributed by atoms with van der Waals surface area (Å²) in [6.45, 7) is 5.89. The highest BCUT2D eigenvalue weighted by Crippen LogP contribution is 2.27. The zero-order valence-corrected chi connectivity index (χ0v) is 12.9. The number of para-hydroxylation sites is 1. The van der Waals surface area contributed by atoms with E-state index in [-0.39, 0.29) is 6.04 Å². The summed E-state index contributed by atoms with van der Waals surface area (Å²) in [7, 11) is 0. The van der Waals surface area contributed by atoms with Crippen molar-refractivity contribution in [2.45, 2.75) is 32.7 Å². The summed E-state index contributed by atoms with van der Waals surface area (Å²) in [5.41, 5.74) is 2.51. The molecule has 0 radical (unpaired) electrons. The van der Waals surface area contributed by atoms with Crippen LogP contribution in [-0.2, 0) is 6.42 Å². The molecule has 2 rings (SSSR count). The average Bonchev–Trinajstić information content (AvgIpc) is 2.53. The summed E-state index contributed by atoms with van der Waals surface area (Å²) in [4.78, 5) is 4.09. The first-order valence-electron chi connectivity index (χ1n) is 7.69. The lowest BCUT2D eigenvalue weighted by Gasteiger charge is -2.22. The number of aromatic nitrogens is 1. The highest BCUT2D eigenvalue weighted by Gasteiger charge is 2.15. The van der Waals surface area contributed by atoms with Gasteiger partial charge in [-0.15, -0.1) is 0 Å². The molecule has 21 heavy (non-hydrogen) atoms. The Morgan fingerprint density at radius 2 is 1.86 bits per heavy atom. The third-order valence-corrected chi connectivity index (χ3v) is 3.42. The van der Waals surface area contributed by atoms with Crippen molar-refractivity contribution in [2.75, 3.05) is 13.2 Å². The third-order valence-electron chi connectivity index (χ3n) is 3.42. The van der Waals surface area contributed by atoms with Crippen molar-refractivity contribution < 1.29 is 4.74 Å². The Morgan fingerprint density at radius 1 is 1.10 bits per heavy atom. The first kappa shape index (κ1) is 15.5. The predicted molar refractivity (Wildman–Crippen MR) is 86.6 cm³/mol. The standard InChI is InChI=1S/C18H24N2O/c1-3-11-20-17(14-15-9-12-19-13-10-15)16-7-5-6-8-18(16)21-4-2/h5-10,12-13,17,20H,3-4,11,14H2,1-2H3. The Balaban J connectivity index is 2.23. The Labute approximate surface area is 127 Å². The highest BCUT2D eigenvalue weighted by molar-refractivity contribution is 5.37. The van der Waals surface area contributed by atoms with Gasteiger partial charge in [0.15, 0.2) is 0 Å². The average molecular weight is 284 g/mol. The summed E-state index contributed by atoms with van der Waals surface area (Å²) < 4.78 is 5.78. The van der Waals surface area contributed by atoms with Crippen molar-refractivity contribution in [2.24, 2.45) is 0 Å². The van der Waals surface area contributed by atoms with Gasteiger partial charge in [-0.25, -0.2) is 0 Å². The molecule has 3 heteroatoms. The fourth-order valence-electron chi connectivity index (χ4n) is 2.42. The Morgan fingerprint density at radius 3 is 2.57 bits per heavy atom. The van der Waals surface area contributed by atoms with Gasteiger partial charge in [-0.05, 0) is 50.1 Å². The van der Waals surface area contributed by atoms with E-state index in [1.54, 1.807) is 0 Å². The third kappa shape index (κ3) is 4.57. The number of rotatable bonds is 8. The van der Waals surface area contributed by atoms with E-state index in [1.165, 1.54) is 11.1 Å². The number of nitrogens with one attached hydrogen (secondary N) is 1. The van der Waals surface area contributed by atoms with E-state index >= 15 is 0 Å². The summed E-state index contributed by atoms with van der Waals surface area (Å²) in [6.07, 6.45) is 5.75. The Bertz CT molecular complexity index is 528. The molecule has 1 unspecified atom stereocenters. The van der Waals surface area contributed by atoms with Crippen LogP contribution in [0.15, 0.2) is 48.8 Å². The van der Waals surface area contributed by atoms with Crippen LogP contribution >= 0.6 is 0 Å². The fourth-order valence-corrected chi connectivity index (χ4v) is 2.42. The van der Waals surface area contributed by atoms with Crippen molar-refractivity contribution in [3.05, 3.63) is 59.9 Å². The van der Waals surface area contributed by atoms with Crippen molar-refractivity contribution in [3.63, 3.8) is 0 Å². The van der Waals surface area contributed by atoms with Gasteiger partial charge in [-0.1, -0.05) is 25.1 Å². The maximum absolute atomic E-state index is 5.78. The normalized spacial score (nSPS) is 12.1. The molecular formula is C18H24N2O. The number of hydrogen-bond acceptors (Lipinski definition) is 3. The minimum atomic E-state index is 0.259. The molecule has 0 aliphatic rings. The van der Waals surface area contributed by atoms with Gasteiger partial charge in [0.1, 0.15) is 5.75 Å². The summed E-state index contributed by atoms with van der Waals surface area (Å²) in [6, 6.07) is 12.7. The maximum Gasteiger partial charge on any atom is 0.124 e. The van der Waals surface area contributed by atoms with Gasteiger partial charge < -0.3 is 10.1 Å². The van der Waals surface area contributed by atoms with Crippen molar-refractivity contribution >= 4 is 0 Å². The van der Waals surface area contributed by atoms with Crippen LogP contribution in [0.4, 0.5) is 0 Å². The molecule has 0 saturated heterocycles. The molecular weight excluding hydrogens is 260 g/mol. The summed E-state index contributed by atoms with van der Waals surface area (Å²) >= 11 is 0. The lowest BCUT2D eigenvalue weighted by Crippen LogP contribution is -2.24.